The molecule has 0 aliphatic carbocycles. The number of aromatic nitrogens is 5. The van der Waals surface area contributed by atoms with Gasteiger partial charge in [0.2, 0.25) is 0 Å². The van der Waals surface area contributed by atoms with Crippen LogP contribution in [0, 0.1) is 13.8 Å². The van der Waals surface area contributed by atoms with Crippen LogP contribution >= 0.6 is 0 Å². The van der Waals surface area contributed by atoms with Gasteiger partial charge >= 0.3 is 5.69 Å². The van der Waals surface area contributed by atoms with Crippen molar-refractivity contribution in [3.8, 4) is 5.69 Å². The molecule has 0 bridgehead atoms. The van der Waals surface area contributed by atoms with E-state index in [9.17, 15) is 9.59 Å². The summed E-state index contributed by atoms with van der Waals surface area (Å²) in [6.07, 6.45) is 1.71. The number of rotatable bonds is 5. The molecule has 5 rings (SSSR count). The van der Waals surface area contributed by atoms with Gasteiger partial charge in [-0.05, 0) is 72.5 Å². The van der Waals surface area contributed by atoms with Crippen LogP contribution in [0.25, 0.3) is 29.4 Å². The maximum atomic E-state index is 12.1. The second kappa shape index (κ2) is 9.14. The van der Waals surface area contributed by atoms with E-state index in [-0.39, 0.29) is 5.35 Å². The molecule has 2 heterocycles. The highest BCUT2D eigenvalue weighted by Gasteiger charge is 2.13. The summed E-state index contributed by atoms with van der Waals surface area (Å²) in [6.45, 7) is 8.64. The zero-order valence-electron chi connectivity index (χ0n) is 20.4. The predicted molar refractivity (Wildman–Crippen MR) is 143 cm³/mol. The molecule has 0 aliphatic heterocycles. The van der Waals surface area contributed by atoms with Crippen molar-refractivity contribution in [2.75, 3.05) is 11.9 Å². The second-order valence-corrected chi connectivity index (χ2v) is 8.94. The lowest BCUT2D eigenvalue weighted by Gasteiger charge is -2.22. The summed E-state index contributed by atoms with van der Waals surface area (Å²) in [6, 6.07) is 20.0. The van der Waals surface area contributed by atoms with E-state index >= 15 is 0 Å². The molecule has 0 radical (unpaired) electrons. The molecular weight excluding hydrogens is 452 g/mol. The third-order valence-corrected chi connectivity index (χ3v) is 6.25. The molecule has 2 aromatic heterocycles. The van der Waals surface area contributed by atoms with Crippen molar-refractivity contribution < 1.29 is 0 Å². The molecular formula is C28H26N6O2. The van der Waals surface area contributed by atoms with Crippen LogP contribution in [-0.2, 0) is 6.54 Å². The number of H-pyrrole nitrogens is 2. The van der Waals surface area contributed by atoms with Gasteiger partial charge in [0, 0.05) is 24.6 Å². The van der Waals surface area contributed by atoms with Crippen LogP contribution in [0.15, 0.2) is 70.3 Å². The van der Waals surface area contributed by atoms with Crippen LogP contribution in [0.1, 0.15) is 22.3 Å². The summed E-state index contributed by atoms with van der Waals surface area (Å²) in [5.74, 6) is 0. The number of fused-ring (bicyclic) bond motifs is 1. The molecule has 0 fully saturated rings. The minimum atomic E-state index is -0.565. The molecule has 36 heavy (non-hydrogen) atoms. The molecule has 0 spiro atoms. The molecule has 180 valence electrons. The lowest BCUT2D eigenvalue weighted by molar-refractivity contribution is 0.755. The number of anilines is 1. The van der Waals surface area contributed by atoms with Crippen LogP contribution in [0.2, 0.25) is 0 Å². The van der Waals surface area contributed by atoms with Gasteiger partial charge in [0.15, 0.2) is 0 Å². The van der Waals surface area contributed by atoms with Crippen LogP contribution in [-0.4, -0.2) is 32.0 Å². The van der Waals surface area contributed by atoms with Gasteiger partial charge in [-0.2, -0.15) is 4.80 Å². The van der Waals surface area contributed by atoms with E-state index in [1.807, 2.05) is 55.6 Å². The predicted octanol–water partition coefficient (Wildman–Crippen LogP) is 2.29. The zero-order valence-corrected chi connectivity index (χ0v) is 20.4. The van der Waals surface area contributed by atoms with Gasteiger partial charge in [-0.3, -0.25) is 9.78 Å². The molecule has 0 unspecified atom stereocenters. The standard InChI is InChI=1S/C28H26N6O2/c1-17-13-21(18(2)26(14-17)34-31-24-7-5-6-8-25(24)32-34)16-33(4)22-11-9-20(10-12-22)15-23-19(3)29-28(36)30-27(23)35/h5-15H,3,16H2,1-2,4H3,(H2,29,30,35,36)/b23-15-. The van der Waals surface area contributed by atoms with Crippen LogP contribution < -0.4 is 26.7 Å². The first-order chi connectivity index (χ1) is 17.3. The van der Waals surface area contributed by atoms with E-state index in [1.165, 1.54) is 5.56 Å². The minimum Gasteiger partial charge on any atom is -0.370 e. The maximum absolute atomic E-state index is 12.1. The van der Waals surface area contributed by atoms with Crippen molar-refractivity contribution in [2.24, 2.45) is 0 Å². The highest BCUT2D eigenvalue weighted by Crippen LogP contribution is 2.24. The molecule has 2 N–H and O–H groups in total. The maximum Gasteiger partial charge on any atom is 0.326 e. The van der Waals surface area contributed by atoms with Gasteiger partial charge in [-0.1, -0.05) is 36.9 Å². The van der Waals surface area contributed by atoms with Crippen molar-refractivity contribution in [3.05, 3.63) is 114 Å². The summed E-state index contributed by atoms with van der Waals surface area (Å²) in [5, 5.41) is 9.95. The van der Waals surface area contributed by atoms with Crippen molar-refractivity contribution in [1.82, 2.24) is 25.0 Å². The molecule has 0 saturated carbocycles. The van der Waals surface area contributed by atoms with Crippen molar-refractivity contribution in [2.45, 2.75) is 20.4 Å². The van der Waals surface area contributed by atoms with Crippen molar-refractivity contribution in [3.63, 3.8) is 0 Å². The Morgan fingerprint density at radius 2 is 1.64 bits per heavy atom. The van der Waals surface area contributed by atoms with E-state index in [0.717, 1.165) is 39.1 Å². The summed E-state index contributed by atoms with van der Waals surface area (Å²) < 4.78 is 0. The highest BCUT2D eigenvalue weighted by atomic mass is 16.2. The van der Waals surface area contributed by atoms with Gasteiger partial charge in [0.25, 0.3) is 5.56 Å². The quantitative estimate of drug-likeness (QED) is 0.404. The molecule has 8 nitrogen and oxygen atoms in total. The molecule has 3 aromatic carbocycles. The fourth-order valence-electron chi connectivity index (χ4n) is 4.29. The Morgan fingerprint density at radius 3 is 2.28 bits per heavy atom. The molecule has 0 amide bonds. The largest absolute Gasteiger partial charge is 0.370 e. The first-order valence-corrected chi connectivity index (χ1v) is 11.6. The number of hydrogen-bond acceptors (Lipinski definition) is 5. The lowest BCUT2D eigenvalue weighted by Crippen LogP contribution is -2.47. The lowest BCUT2D eigenvalue weighted by atomic mass is 10.0. The molecule has 5 aromatic rings. The zero-order chi connectivity index (χ0) is 25.4. The first-order valence-electron chi connectivity index (χ1n) is 11.6. The Labute approximate surface area is 206 Å². The topological polar surface area (TPSA) is 99.7 Å². The van der Waals surface area contributed by atoms with Crippen LogP contribution in [0.4, 0.5) is 5.69 Å². The molecule has 0 aliphatic rings. The van der Waals surface area contributed by atoms with Gasteiger partial charge in [-0.15, -0.1) is 10.2 Å². The van der Waals surface area contributed by atoms with Crippen molar-refractivity contribution in [1.29, 1.82) is 0 Å². The number of aryl methyl sites for hydroxylation is 1. The Balaban J connectivity index is 1.42. The van der Waals surface area contributed by atoms with E-state index in [0.29, 0.717) is 11.8 Å². The second-order valence-electron chi connectivity index (χ2n) is 8.94. The van der Waals surface area contributed by atoms with Crippen molar-refractivity contribution >= 4 is 29.4 Å². The fraction of sp³-hybridized carbons (Fsp3) is 0.143. The third kappa shape index (κ3) is 4.48. The Hall–Kier alpha value is -4.72. The molecule has 8 heteroatoms. The summed E-state index contributed by atoms with van der Waals surface area (Å²) in [7, 11) is 2.04. The van der Waals surface area contributed by atoms with Gasteiger partial charge in [-0.25, -0.2) is 4.79 Å². The molecule has 0 saturated heterocycles. The fourth-order valence-corrected chi connectivity index (χ4v) is 4.29. The Bertz CT molecular complexity index is 1740. The number of benzene rings is 3. The summed E-state index contributed by atoms with van der Waals surface area (Å²) >= 11 is 0. The summed E-state index contributed by atoms with van der Waals surface area (Å²) in [4.78, 5) is 32.2. The van der Waals surface area contributed by atoms with Gasteiger partial charge < -0.3 is 9.88 Å². The molecule has 0 atom stereocenters. The van der Waals surface area contributed by atoms with Crippen LogP contribution in [0.5, 0.6) is 0 Å². The average molecular weight is 479 g/mol. The van der Waals surface area contributed by atoms with E-state index < -0.39 is 11.2 Å². The number of nitrogens with zero attached hydrogens (tertiary/aromatic N) is 4. The van der Waals surface area contributed by atoms with E-state index in [4.69, 9.17) is 0 Å². The SMILES string of the molecule is C=c1[nH]c(=O)[nH]c(=O)/c1=C\c1ccc(N(C)Cc2cc(C)cc(-n3nc4ccccc4n3)c2C)cc1. The monoisotopic (exact) mass is 478 g/mol. The van der Waals surface area contributed by atoms with Gasteiger partial charge in [0.1, 0.15) is 11.0 Å². The first kappa shape index (κ1) is 23.0. The third-order valence-electron chi connectivity index (χ3n) is 6.25. The Kier molecular flexibility index (Phi) is 5.85. The number of hydrogen-bond donors (Lipinski definition) is 2. The van der Waals surface area contributed by atoms with Crippen LogP contribution in [0.3, 0.4) is 0 Å². The smallest absolute Gasteiger partial charge is 0.326 e. The van der Waals surface area contributed by atoms with E-state index in [2.05, 4.69) is 57.6 Å². The highest BCUT2D eigenvalue weighted by molar-refractivity contribution is 5.73. The Morgan fingerprint density at radius 1 is 0.972 bits per heavy atom. The minimum absolute atomic E-state index is 0.287. The van der Waals surface area contributed by atoms with Gasteiger partial charge in [0.05, 0.1) is 10.9 Å². The average Bonchev–Trinajstić information content (AvgIpc) is 3.28. The van der Waals surface area contributed by atoms with E-state index in [1.54, 1.807) is 10.9 Å². The number of aromatic amines is 2. The normalized spacial score (nSPS) is 11.8. The number of nitrogens with one attached hydrogen (secondary N) is 2. The summed E-state index contributed by atoms with van der Waals surface area (Å²) in [5.41, 5.74) is 6.98.